The molecule has 0 aliphatic carbocycles. The number of carbonyl (C=O) groups excluding carboxylic acids is 1. The van der Waals surface area contributed by atoms with Gasteiger partial charge in [-0.3, -0.25) is 9.69 Å². The Morgan fingerprint density at radius 3 is 2.57 bits per heavy atom. The molecule has 0 radical (unpaired) electrons. The highest BCUT2D eigenvalue weighted by molar-refractivity contribution is 5.74. The Labute approximate surface area is 212 Å². The van der Waals surface area contributed by atoms with Gasteiger partial charge in [0.15, 0.2) is 0 Å². The summed E-state index contributed by atoms with van der Waals surface area (Å²) in [6, 6.07) is 6.37. The van der Waals surface area contributed by atoms with E-state index in [4.69, 9.17) is 10.5 Å². The average molecular weight is 518 g/mol. The fourth-order valence-electron chi connectivity index (χ4n) is 4.55. The van der Waals surface area contributed by atoms with Gasteiger partial charge in [-0.25, -0.2) is 4.98 Å². The zero-order chi connectivity index (χ0) is 26.8. The van der Waals surface area contributed by atoms with Crippen LogP contribution in [0.25, 0.3) is 0 Å². The van der Waals surface area contributed by atoms with E-state index in [0.717, 1.165) is 17.5 Å². The number of nitrogens with two attached hydrogens (primary N) is 1. The second-order valence-electron chi connectivity index (χ2n) is 9.46. The first-order valence-corrected chi connectivity index (χ1v) is 11.8. The molecule has 0 atom stereocenters. The van der Waals surface area contributed by atoms with Gasteiger partial charge in [0.2, 0.25) is 6.41 Å². The van der Waals surface area contributed by atoms with E-state index >= 15 is 0 Å². The number of rotatable bonds is 10. The summed E-state index contributed by atoms with van der Waals surface area (Å²) in [4.78, 5) is 18.0. The maximum Gasteiger partial charge on any atom is 0.416 e. The first-order valence-electron chi connectivity index (χ1n) is 11.8. The fraction of sp³-hybridized carbons (Fsp3) is 0.440. The van der Waals surface area contributed by atoms with E-state index in [1.165, 1.54) is 4.90 Å². The van der Waals surface area contributed by atoms with Crippen LogP contribution in [-0.4, -0.2) is 52.5 Å². The highest BCUT2D eigenvalue weighted by Crippen LogP contribution is 2.39. The number of benzene rings is 1. The van der Waals surface area contributed by atoms with Crippen LogP contribution in [0.1, 0.15) is 33.6 Å². The molecule has 0 unspecified atom stereocenters. The van der Waals surface area contributed by atoms with Gasteiger partial charge < -0.3 is 20.4 Å². The van der Waals surface area contributed by atoms with Gasteiger partial charge >= 0.3 is 6.18 Å². The van der Waals surface area contributed by atoms with Crippen LogP contribution in [0.3, 0.4) is 0 Å². The molecule has 1 aliphatic heterocycles. The second kappa shape index (κ2) is 10.5. The van der Waals surface area contributed by atoms with Gasteiger partial charge in [0.05, 0.1) is 25.3 Å². The van der Waals surface area contributed by atoms with Crippen molar-refractivity contribution in [1.29, 1.82) is 0 Å². The Hall–Kier alpha value is -3.51. The molecule has 12 heteroatoms. The molecule has 1 saturated heterocycles. The van der Waals surface area contributed by atoms with Crippen molar-refractivity contribution in [2.24, 2.45) is 12.8 Å². The highest BCUT2D eigenvalue weighted by Gasteiger charge is 2.42. The van der Waals surface area contributed by atoms with E-state index in [1.54, 1.807) is 32.3 Å². The summed E-state index contributed by atoms with van der Waals surface area (Å²) in [5, 5.41) is 11.3. The molecule has 9 nitrogen and oxygen atoms in total. The Kier molecular flexibility index (Phi) is 7.51. The topological polar surface area (TPSA) is 111 Å². The van der Waals surface area contributed by atoms with Gasteiger partial charge in [0.1, 0.15) is 23.8 Å². The van der Waals surface area contributed by atoms with Crippen molar-refractivity contribution in [3.8, 4) is 0 Å². The third-order valence-corrected chi connectivity index (χ3v) is 6.61. The molecular formula is C25H30F3N7O2. The molecule has 1 fully saturated rings. The number of halogens is 3. The van der Waals surface area contributed by atoms with Crippen LogP contribution < -0.4 is 16.0 Å². The van der Waals surface area contributed by atoms with Crippen molar-refractivity contribution in [1.82, 2.24) is 19.7 Å². The molecule has 1 aliphatic rings. The van der Waals surface area contributed by atoms with Crippen molar-refractivity contribution < 1.29 is 22.7 Å². The highest BCUT2D eigenvalue weighted by atomic mass is 19.4. The van der Waals surface area contributed by atoms with Crippen molar-refractivity contribution in [2.75, 3.05) is 36.5 Å². The Morgan fingerprint density at radius 1 is 1.24 bits per heavy atom. The molecule has 0 saturated carbocycles. The van der Waals surface area contributed by atoms with Crippen molar-refractivity contribution in [3.05, 3.63) is 64.2 Å². The molecule has 1 aromatic carbocycles. The van der Waals surface area contributed by atoms with E-state index in [2.05, 4.69) is 20.5 Å². The number of hydrogen-bond donors (Lipinski definition) is 2. The number of nitrogens with one attached hydrogen (secondary N) is 1. The van der Waals surface area contributed by atoms with Gasteiger partial charge in [0.25, 0.3) is 0 Å². The van der Waals surface area contributed by atoms with Crippen LogP contribution in [0, 0.1) is 13.8 Å². The number of nitrogens with zero attached hydrogens (tertiary/aromatic N) is 5. The minimum atomic E-state index is -4.56. The molecule has 198 valence electrons. The summed E-state index contributed by atoms with van der Waals surface area (Å²) in [5.74, 6) is 1.45. The fourth-order valence-corrected chi connectivity index (χ4v) is 4.55. The zero-order valence-electron chi connectivity index (χ0n) is 21.0. The SMILES string of the molecule is Cc1cc(C)c(CN(C=O)c2cc(C3(Cc4nncn4C)COC3)cc(NCCN)n2)c(C(F)(F)F)c1. The number of alkyl halides is 3. The van der Waals surface area contributed by atoms with Crippen molar-refractivity contribution in [3.63, 3.8) is 0 Å². The molecule has 3 aromatic rings. The molecular weight excluding hydrogens is 487 g/mol. The first-order chi connectivity index (χ1) is 17.6. The minimum Gasteiger partial charge on any atom is -0.379 e. The molecule has 0 spiro atoms. The largest absolute Gasteiger partial charge is 0.416 e. The lowest BCUT2D eigenvalue weighted by Gasteiger charge is -2.42. The molecule has 2 aromatic heterocycles. The Balaban J connectivity index is 1.76. The number of aryl methyl sites for hydroxylation is 3. The van der Waals surface area contributed by atoms with Gasteiger partial charge in [-0.05, 0) is 48.7 Å². The Morgan fingerprint density at radius 2 is 2.00 bits per heavy atom. The number of hydrogen-bond acceptors (Lipinski definition) is 7. The summed E-state index contributed by atoms with van der Waals surface area (Å²) < 4.78 is 49.1. The number of aromatic nitrogens is 4. The quantitative estimate of drug-likeness (QED) is 0.398. The molecule has 3 heterocycles. The van der Waals surface area contributed by atoms with Gasteiger partial charge in [-0.15, -0.1) is 10.2 Å². The molecule has 0 bridgehead atoms. The van der Waals surface area contributed by atoms with E-state index < -0.39 is 17.2 Å². The van der Waals surface area contributed by atoms with Crippen molar-refractivity contribution in [2.45, 2.75) is 38.4 Å². The molecule has 4 rings (SSSR count). The van der Waals surface area contributed by atoms with Gasteiger partial charge in [-0.2, -0.15) is 13.2 Å². The third-order valence-electron chi connectivity index (χ3n) is 6.61. The van der Waals surface area contributed by atoms with Gasteiger partial charge in [0, 0.05) is 32.0 Å². The smallest absolute Gasteiger partial charge is 0.379 e. The number of anilines is 2. The van der Waals surface area contributed by atoms with Crippen molar-refractivity contribution >= 4 is 18.0 Å². The van der Waals surface area contributed by atoms with Crippen LogP contribution in [0.5, 0.6) is 0 Å². The standard InChI is InChI=1S/C25H30F3N7O2/c1-16-6-17(2)19(20(7-16)25(26,27)28)11-35(15-36)22-9-18(8-21(32-22)30-5-4-29)24(12-37-13-24)10-23-33-31-14-34(23)3/h6-9,14-15H,4-5,10-13,29H2,1-3H3,(H,30,32). The summed E-state index contributed by atoms with van der Waals surface area (Å²) in [7, 11) is 1.85. The number of pyridine rings is 1. The maximum absolute atomic E-state index is 13.9. The zero-order valence-corrected chi connectivity index (χ0v) is 21.0. The second-order valence-corrected chi connectivity index (χ2v) is 9.46. The minimum absolute atomic E-state index is 0.0228. The molecule has 1 amide bonds. The number of amides is 1. The van der Waals surface area contributed by atoms with Crippen LogP contribution in [0.2, 0.25) is 0 Å². The van der Waals surface area contributed by atoms with Crippen LogP contribution in [0.4, 0.5) is 24.8 Å². The Bertz CT molecular complexity index is 1270. The lowest BCUT2D eigenvalue weighted by Crippen LogP contribution is -2.49. The number of ether oxygens (including phenoxy) is 1. The first kappa shape index (κ1) is 26.6. The predicted molar refractivity (Wildman–Crippen MR) is 132 cm³/mol. The van der Waals surface area contributed by atoms with Crippen LogP contribution in [0.15, 0.2) is 30.6 Å². The lowest BCUT2D eigenvalue weighted by molar-refractivity contribution is -0.138. The van der Waals surface area contributed by atoms with E-state index in [1.807, 2.05) is 17.7 Å². The van der Waals surface area contributed by atoms with E-state index in [9.17, 15) is 18.0 Å². The summed E-state index contributed by atoms with van der Waals surface area (Å²) in [6.45, 7) is 4.54. The van der Waals surface area contributed by atoms with Gasteiger partial charge in [-0.1, -0.05) is 11.6 Å². The summed E-state index contributed by atoms with van der Waals surface area (Å²) in [5.41, 5.74) is 6.23. The summed E-state index contributed by atoms with van der Waals surface area (Å²) in [6.07, 6.45) is -1.91. The van der Waals surface area contributed by atoms with E-state index in [-0.39, 0.29) is 17.9 Å². The molecule has 37 heavy (non-hydrogen) atoms. The monoisotopic (exact) mass is 517 g/mol. The third kappa shape index (κ3) is 5.59. The van der Waals surface area contributed by atoms with E-state index in [0.29, 0.717) is 56.1 Å². The maximum atomic E-state index is 13.9. The average Bonchev–Trinajstić information content (AvgIpc) is 3.22. The number of carbonyl (C=O) groups is 1. The van der Waals surface area contributed by atoms with Crippen LogP contribution in [-0.2, 0) is 41.1 Å². The van der Waals surface area contributed by atoms with Crippen LogP contribution >= 0.6 is 0 Å². The predicted octanol–water partition coefficient (Wildman–Crippen LogP) is 2.89. The molecule has 3 N–H and O–H groups in total. The normalized spacial score (nSPS) is 14.8. The summed E-state index contributed by atoms with van der Waals surface area (Å²) >= 11 is 0. The lowest BCUT2D eigenvalue weighted by atomic mass is 9.75.